The zero-order chi connectivity index (χ0) is 21.2. The van der Waals surface area contributed by atoms with Crippen molar-refractivity contribution in [2.45, 2.75) is 36.6 Å². The molecule has 4 N–H and O–H groups in total. The molecular weight excluding hydrogens is 414 g/mol. The number of rotatable bonds is 7. The summed E-state index contributed by atoms with van der Waals surface area (Å²) in [6.07, 6.45) is 8.55. The fourth-order valence-corrected chi connectivity index (χ4v) is 4.32. The van der Waals surface area contributed by atoms with Gasteiger partial charge < -0.3 is 19.8 Å². The quantitative estimate of drug-likeness (QED) is 0.324. The Hall–Kier alpha value is -3.39. The second kappa shape index (κ2) is 8.39. The Morgan fingerprint density at radius 2 is 2.19 bits per heavy atom. The lowest BCUT2D eigenvalue weighted by Gasteiger charge is -2.37. The van der Waals surface area contributed by atoms with Crippen LogP contribution in [0.4, 0.5) is 5.69 Å². The van der Waals surface area contributed by atoms with E-state index in [1.807, 2.05) is 12.3 Å². The van der Waals surface area contributed by atoms with Crippen LogP contribution in [0.5, 0.6) is 0 Å². The molecule has 9 nitrogen and oxygen atoms in total. The molecule has 1 saturated carbocycles. The van der Waals surface area contributed by atoms with Gasteiger partial charge in [0.15, 0.2) is 0 Å². The lowest BCUT2D eigenvalue weighted by molar-refractivity contribution is 0.276. The summed E-state index contributed by atoms with van der Waals surface area (Å²) in [7, 11) is 0. The van der Waals surface area contributed by atoms with Crippen molar-refractivity contribution in [3.8, 4) is 17.5 Å². The van der Waals surface area contributed by atoms with E-state index < -0.39 is 0 Å². The maximum absolute atomic E-state index is 9.30. The third-order valence-corrected chi connectivity index (χ3v) is 6.09. The number of pyridine rings is 2. The number of aliphatic hydroxyl groups excluding tert-OH is 1. The smallest absolute Gasteiger partial charge is 0.229 e. The number of hydrogen-bond acceptors (Lipinski definition) is 9. The highest BCUT2D eigenvalue weighted by Crippen LogP contribution is 2.36. The zero-order valence-electron chi connectivity index (χ0n) is 16.4. The van der Waals surface area contributed by atoms with E-state index in [1.54, 1.807) is 24.5 Å². The number of oxazole rings is 1. The van der Waals surface area contributed by atoms with Crippen molar-refractivity contribution in [3.05, 3.63) is 54.3 Å². The molecule has 1 aliphatic carbocycles. The first-order valence-corrected chi connectivity index (χ1v) is 10.6. The highest BCUT2D eigenvalue weighted by Gasteiger charge is 2.30. The van der Waals surface area contributed by atoms with Crippen LogP contribution < -0.4 is 10.0 Å². The van der Waals surface area contributed by atoms with Crippen LogP contribution in [0.25, 0.3) is 22.5 Å². The van der Waals surface area contributed by atoms with Crippen molar-refractivity contribution in [2.75, 3.05) is 5.32 Å². The van der Waals surface area contributed by atoms with E-state index >= 15 is 0 Å². The molecule has 0 unspecified atom stereocenters. The molecule has 1 aliphatic rings. The van der Waals surface area contributed by atoms with Crippen LogP contribution >= 0.6 is 11.9 Å². The highest BCUT2D eigenvalue weighted by molar-refractivity contribution is 7.97. The summed E-state index contributed by atoms with van der Waals surface area (Å²) in [6.45, 7) is -0.175. The number of anilines is 1. The van der Waals surface area contributed by atoms with Crippen molar-refractivity contribution >= 4 is 28.7 Å². The molecule has 0 aliphatic heterocycles. The van der Waals surface area contributed by atoms with E-state index in [9.17, 15) is 5.11 Å². The first-order chi connectivity index (χ1) is 15.2. The lowest BCUT2D eigenvalue weighted by atomic mass is 9.87. The van der Waals surface area contributed by atoms with Gasteiger partial charge in [0.1, 0.15) is 22.6 Å². The van der Waals surface area contributed by atoms with E-state index in [0.717, 1.165) is 40.2 Å². The summed E-state index contributed by atoms with van der Waals surface area (Å²) in [5, 5.41) is 23.7. The number of aliphatic hydroxyl groups is 1. The van der Waals surface area contributed by atoms with Crippen LogP contribution in [-0.2, 0) is 6.61 Å². The molecule has 4 aromatic heterocycles. The summed E-state index contributed by atoms with van der Waals surface area (Å²) in [6, 6.07) is 8.19. The molecule has 0 atom stereocenters. The Bertz CT molecular complexity index is 1260. The van der Waals surface area contributed by atoms with Crippen molar-refractivity contribution < 1.29 is 9.52 Å². The van der Waals surface area contributed by atoms with Crippen LogP contribution in [0.3, 0.4) is 0 Å². The summed E-state index contributed by atoms with van der Waals surface area (Å²) >= 11 is 1.45. The minimum atomic E-state index is -0.175. The molecule has 0 radical (unpaired) electrons. The lowest BCUT2D eigenvalue weighted by Crippen LogP contribution is -2.45. The number of aromatic amines is 1. The number of nitrogens with zero attached hydrogens (tertiary/aromatic N) is 4. The summed E-state index contributed by atoms with van der Waals surface area (Å²) < 4.78 is 8.98. The average Bonchev–Trinajstić information content (AvgIpc) is 3.44. The summed E-state index contributed by atoms with van der Waals surface area (Å²) in [5.74, 6) is 0.426. The molecule has 1 fully saturated rings. The maximum atomic E-state index is 9.30. The van der Waals surface area contributed by atoms with E-state index in [2.05, 4.69) is 36.0 Å². The summed E-state index contributed by atoms with van der Waals surface area (Å²) in [5.41, 5.74) is 3.54. The van der Waals surface area contributed by atoms with Gasteiger partial charge in [0.05, 0.1) is 29.5 Å². The van der Waals surface area contributed by atoms with E-state index in [0.29, 0.717) is 23.2 Å². The Morgan fingerprint density at radius 1 is 1.29 bits per heavy atom. The zero-order valence-corrected chi connectivity index (χ0v) is 17.2. The molecule has 5 rings (SSSR count). The van der Waals surface area contributed by atoms with Crippen molar-refractivity contribution in [1.82, 2.24) is 24.7 Å². The second-order valence-electron chi connectivity index (χ2n) is 7.31. The Kier molecular flexibility index (Phi) is 5.30. The number of hydrogen-bond donors (Lipinski definition) is 4. The largest absolute Gasteiger partial charge is 0.444 e. The van der Waals surface area contributed by atoms with Gasteiger partial charge in [0, 0.05) is 36.1 Å². The van der Waals surface area contributed by atoms with Gasteiger partial charge in [-0.15, -0.1) is 0 Å². The van der Waals surface area contributed by atoms with Gasteiger partial charge in [0.2, 0.25) is 5.89 Å². The standard InChI is InChI=1S/C21H19N7O2S/c22-8-12-1-3-23-18(5-12)31-28-14-6-13(7-14)26-19-16-2-4-24-20(16)25-9-17(19)21-27-15(10-29)11-30-21/h1-5,9,11,13-14,28-29H,6-7,10H2,(H2,24,25,26). The summed E-state index contributed by atoms with van der Waals surface area (Å²) in [4.78, 5) is 16.2. The molecule has 0 amide bonds. The average molecular weight is 433 g/mol. The Balaban J connectivity index is 1.27. The number of nitrogens with one attached hydrogen (secondary N) is 3. The molecule has 10 heteroatoms. The maximum Gasteiger partial charge on any atom is 0.229 e. The molecule has 4 aromatic rings. The van der Waals surface area contributed by atoms with Crippen LogP contribution in [-0.4, -0.2) is 37.1 Å². The minimum absolute atomic E-state index is 0.175. The van der Waals surface area contributed by atoms with Crippen molar-refractivity contribution in [3.63, 3.8) is 0 Å². The molecule has 156 valence electrons. The molecular formula is C21H19N7O2S. The molecule has 31 heavy (non-hydrogen) atoms. The van der Waals surface area contributed by atoms with Gasteiger partial charge in [-0.25, -0.2) is 15.0 Å². The van der Waals surface area contributed by atoms with Gasteiger partial charge in [0.25, 0.3) is 0 Å². The first-order valence-electron chi connectivity index (χ1n) is 9.80. The van der Waals surface area contributed by atoms with Crippen LogP contribution in [0.15, 0.2) is 52.5 Å². The van der Waals surface area contributed by atoms with E-state index in [4.69, 9.17) is 9.68 Å². The normalized spacial score (nSPS) is 17.9. The predicted octanol–water partition coefficient (Wildman–Crippen LogP) is 3.22. The van der Waals surface area contributed by atoms with E-state index in [1.165, 1.54) is 18.2 Å². The highest BCUT2D eigenvalue weighted by atomic mass is 32.2. The first kappa shape index (κ1) is 19.6. The van der Waals surface area contributed by atoms with Gasteiger partial charge in [-0.05, 0) is 43.0 Å². The predicted molar refractivity (Wildman–Crippen MR) is 116 cm³/mol. The minimum Gasteiger partial charge on any atom is -0.444 e. The van der Waals surface area contributed by atoms with Gasteiger partial charge in [-0.2, -0.15) is 5.26 Å². The van der Waals surface area contributed by atoms with E-state index in [-0.39, 0.29) is 12.6 Å². The number of nitriles is 1. The molecule has 0 saturated heterocycles. The number of aromatic nitrogens is 4. The third kappa shape index (κ3) is 3.98. The van der Waals surface area contributed by atoms with Crippen LogP contribution in [0.2, 0.25) is 0 Å². The topological polar surface area (TPSA) is 136 Å². The van der Waals surface area contributed by atoms with Crippen molar-refractivity contribution in [2.24, 2.45) is 0 Å². The van der Waals surface area contributed by atoms with Crippen LogP contribution in [0, 0.1) is 11.3 Å². The SMILES string of the molecule is N#Cc1ccnc(SNC2CC(Nc3c(-c4nc(CO)co4)cnc4[nH]ccc34)C2)c1. The van der Waals surface area contributed by atoms with Crippen molar-refractivity contribution in [1.29, 1.82) is 5.26 Å². The Morgan fingerprint density at radius 3 is 3.00 bits per heavy atom. The number of fused-ring (bicyclic) bond motifs is 1. The third-order valence-electron chi connectivity index (χ3n) is 5.21. The van der Waals surface area contributed by atoms with Crippen LogP contribution in [0.1, 0.15) is 24.1 Å². The molecule has 0 bridgehead atoms. The fraction of sp³-hybridized carbons (Fsp3) is 0.238. The number of H-pyrrole nitrogens is 1. The molecule has 0 aromatic carbocycles. The monoisotopic (exact) mass is 433 g/mol. The van der Waals surface area contributed by atoms with Gasteiger partial charge in [-0.1, -0.05) is 0 Å². The fourth-order valence-electron chi connectivity index (χ4n) is 3.54. The Labute approximate surface area is 182 Å². The molecule has 0 spiro atoms. The molecule has 4 heterocycles. The van der Waals surface area contributed by atoms with Gasteiger partial charge >= 0.3 is 0 Å². The second-order valence-corrected chi connectivity index (χ2v) is 8.17. The van der Waals surface area contributed by atoms with Gasteiger partial charge in [-0.3, -0.25) is 4.72 Å².